The number of hydrogen-bond acceptors (Lipinski definition) is 9. The Morgan fingerprint density at radius 1 is 1.20 bits per heavy atom. The van der Waals surface area contributed by atoms with E-state index in [1.165, 1.54) is 23.5 Å². The van der Waals surface area contributed by atoms with Gasteiger partial charge in [0, 0.05) is 23.1 Å². The number of esters is 1. The zero-order valence-corrected chi connectivity index (χ0v) is 20.4. The van der Waals surface area contributed by atoms with E-state index in [0.717, 1.165) is 5.56 Å². The molecule has 0 saturated heterocycles. The van der Waals surface area contributed by atoms with Gasteiger partial charge in [-0.15, -0.1) is 11.3 Å². The number of carbonyl (C=O) groups excluding carboxylic acids is 1. The number of nitrogens with two attached hydrogens (primary N) is 1. The van der Waals surface area contributed by atoms with E-state index in [1.54, 1.807) is 36.6 Å². The maximum absolute atomic E-state index is 12.0. The van der Waals surface area contributed by atoms with Crippen molar-refractivity contribution in [3.8, 4) is 6.07 Å². The van der Waals surface area contributed by atoms with E-state index in [4.69, 9.17) is 15.3 Å². The summed E-state index contributed by atoms with van der Waals surface area (Å²) in [5.74, 6) is -0.546. The van der Waals surface area contributed by atoms with Gasteiger partial charge in [0.25, 0.3) is 0 Å². The number of nitrogens with one attached hydrogen (secondary N) is 2. The maximum Gasteiger partial charge on any atom is 0.357 e. The number of allylic oxidation sites excluding steroid dienone is 2. The van der Waals surface area contributed by atoms with E-state index >= 15 is 0 Å². The number of hydrogen-bond donors (Lipinski definition) is 3. The Bertz CT molecular complexity index is 1390. The first-order valence-electron chi connectivity index (χ1n) is 10.5. The largest absolute Gasteiger partial charge is 0.461 e. The molecule has 0 atom stereocenters. The van der Waals surface area contributed by atoms with Gasteiger partial charge in [0.05, 0.1) is 29.7 Å². The lowest BCUT2D eigenvalue weighted by Gasteiger charge is -2.16. The molecule has 1 heterocycles. The Labute approximate surface area is 207 Å². The van der Waals surface area contributed by atoms with Gasteiger partial charge in [0.1, 0.15) is 0 Å². The second-order valence-corrected chi connectivity index (χ2v) is 9.70. The van der Waals surface area contributed by atoms with Crippen molar-refractivity contribution in [1.29, 1.82) is 10.7 Å². The number of thiazole rings is 1. The van der Waals surface area contributed by atoms with Gasteiger partial charge >= 0.3 is 5.97 Å². The minimum absolute atomic E-state index is 0.0189. The lowest BCUT2D eigenvalue weighted by atomic mass is 9.93. The average Bonchev–Trinajstić information content (AvgIpc) is 3.31. The molecule has 2 aromatic carbocycles. The molecule has 9 nitrogen and oxygen atoms in total. The smallest absolute Gasteiger partial charge is 0.357 e. The SMILES string of the molecule is CCOC(=O)c1csc(N/C(CC#N)=C(/Cc2ccc(S(N)(=O)=O)cc2)C(=N)c2ccccc2)n1. The zero-order chi connectivity index (χ0) is 25.4. The Hall–Kier alpha value is -3.85. The number of aromatic nitrogens is 1. The summed E-state index contributed by atoms with van der Waals surface area (Å²) < 4.78 is 28.2. The van der Waals surface area contributed by atoms with Crippen molar-refractivity contribution in [1.82, 2.24) is 4.98 Å². The first-order valence-corrected chi connectivity index (χ1v) is 12.9. The van der Waals surface area contributed by atoms with Crippen molar-refractivity contribution < 1.29 is 17.9 Å². The van der Waals surface area contributed by atoms with Crippen LogP contribution in [0.3, 0.4) is 0 Å². The second-order valence-electron chi connectivity index (χ2n) is 7.28. The standard InChI is InChI=1S/C24H23N5O4S2/c1-2-33-23(30)21-15-34-24(29-21)28-20(12-13-25)19(22(26)17-6-4-3-5-7-17)14-16-8-10-18(11-9-16)35(27,31)32/h3-11,15,26H,2,12,14H2,1H3,(H,28,29)(H2,27,31,32)/b20-19-,26-22?. The van der Waals surface area contributed by atoms with Crippen LogP contribution in [0, 0.1) is 16.7 Å². The van der Waals surface area contributed by atoms with Gasteiger partial charge in [-0.05, 0) is 30.2 Å². The summed E-state index contributed by atoms with van der Waals surface area (Å²) in [7, 11) is -3.84. The fraction of sp³-hybridized carbons (Fsp3) is 0.167. The second kappa shape index (κ2) is 11.5. The molecule has 0 aliphatic carbocycles. The number of ether oxygens (including phenoxy) is 1. The highest BCUT2D eigenvalue weighted by molar-refractivity contribution is 7.89. The van der Waals surface area contributed by atoms with Gasteiger partial charge in [0.15, 0.2) is 10.8 Å². The average molecular weight is 510 g/mol. The Morgan fingerprint density at radius 3 is 2.49 bits per heavy atom. The summed E-state index contributed by atoms with van der Waals surface area (Å²) in [6.45, 7) is 1.93. The first kappa shape index (κ1) is 25.8. The summed E-state index contributed by atoms with van der Waals surface area (Å²) in [4.78, 5) is 16.2. The van der Waals surface area contributed by atoms with Crippen molar-refractivity contribution >= 4 is 38.2 Å². The quantitative estimate of drug-likeness (QED) is 0.276. The summed E-state index contributed by atoms with van der Waals surface area (Å²) in [6, 6.07) is 17.2. The number of sulfonamides is 1. The van der Waals surface area contributed by atoms with E-state index in [1.807, 2.05) is 18.2 Å². The van der Waals surface area contributed by atoms with E-state index < -0.39 is 16.0 Å². The fourth-order valence-electron chi connectivity index (χ4n) is 3.19. The molecule has 35 heavy (non-hydrogen) atoms. The molecular formula is C24H23N5O4S2. The molecule has 3 rings (SSSR count). The van der Waals surface area contributed by atoms with Crippen LogP contribution in [0.5, 0.6) is 0 Å². The van der Waals surface area contributed by atoms with Crippen molar-refractivity contribution in [3.63, 3.8) is 0 Å². The third-order valence-electron chi connectivity index (χ3n) is 4.86. The molecule has 0 amide bonds. The van der Waals surface area contributed by atoms with Crippen LogP contribution in [0.2, 0.25) is 0 Å². The van der Waals surface area contributed by atoms with E-state index in [9.17, 15) is 18.5 Å². The molecule has 3 aromatic rings. The van der Waals surface area contributed by atoms with Crippen molar-refractivity contribution in [3.05, 3.63) is 88.1 Å². The number of rotatable bonds is 10. The molecule has 1 aromatic heterocycles. The lowest BCUT2D eigenvalue weighted by Crippen LogP contribution is -2.15. The van der Waals surface area contributed by atoms with Crippen LogP contribution in [0.1, 0.15) is 35.0 Å². The van der Waals surface area contributed by atoms with Crippen LogP contribution in [-0.2, 0) is 21.2 Å². The van der Waals surface area contributed by atoms with Gasteiger partial charge < -0.3 is 10.1 Å². The molecule has 0 aliphatic rings. The Kier molecular flexibility index (Phi) is 8.48. The zero-order valence-electron chi connectivity index (χ0n) is 18.8. The number of benzene rings is 2. The molecule has 0 unspecified atom stereocenters. The van der Waals surface area contributed by atoms with Crippen LogP contribution in [-0.4, -0.2) is 31.7 Å². The fourth-order valence-corrected chi connectivity index (χ4v) is 4.41. The van der Waals surface area contributed by atoms with Gasteiger partial charge in [-0.25, -0.2) is 23.3 Å². The predicted molar refractivity (Wildman–Crippen MR) is 134 cm³/mol. The molecule has 0 radical (unpaired) electrons. The third-order valence-corrected chi connectivity index (χ3v) is 6.55. The van der Waals surface area contributed by atoms with Crippen LogP contribution in [0.4, 0.5) is 5.13 Å². The molecular weight excluding hydrogens is 486 g/mol. The van der Waals surface area contributed by atoms with Crippen LogP contribution in [0.15, 0.2) is 76.1 Å². The summed E-state index contributed by atoms with van der Waals surface area (Å²) in [5.41, 5.74) is 2.68. The van der Waals surface area contributed by atoms with Gasteiger partial charge in [0.2, 0.25) is 10.0 Å². The Morgan fingerprint density at radius 2 is 1.89 bits per heavy atom. The molecule has 0 fully saturated rings. The van der Waals surface area contributed by atoms with Gasteiger partial charge in [-0.1, -0.05) is 42.5 Å². The predicted octanol–water partition coefficient (Wildman–Crippen LogP) is 3.86. The monoisotopic (exact) mass is 509 g/mol. The first-order chi connectivity index (χ1) is 16.7. The normalized spacial score (nSPS) is 11.8. The Balaban J connectivity index is 2.03. The van der Waals surface area contributed by atoms with Gasteiger partial charge in [-0.3, -0.25) is 5.41 Å². The molecule has 4 N–H and O–H groups in total. The highest BCUT2D eigenvalue weighted by Gasteiger charge is 2.18. The van der Waals surface area contributed by atoms with E-state index in [2.05, 4.69) is 16.4 Å². The topological polar surface area (TPSA) is 159 Å². The molecule has 11 heteroatoms. The number of nitriles is 1. The summed E-state index contributed by atoms with van der Waals surface area (Å²) >= 11 is 1.18. The minimum Gasteiger partial charge on any atom is -0.461 e. The highest BCUT2D eigenvalue weighted by Crippen LogP contribution is 2.25. The van der Waals surface area contributed by atoms with Crippen LogP contribution < -0.4 is 10.5 Å². The lowest BCUT2D eigenvalue weighted by molar-refractivity contribution is 0.0520. The molecule has 0 bridgehead atoms. The van der Waals surface area contributed by atoms with Gasteiger partial charge in [-0.2, -0.15) is 5.26 Å². The molecule has 0 aliphatic heterocycles. The van der Waals surface area contributed by atoms with Crippen molar-refractivity contribution in [2.45, 2.75) is 24.7 Å². The number of primary sulfonamides is 1. The van der Waals surface area contributed by atoms with Crippen molar-refractivity contribution in [2.75, 3.05) is 11.9 Å². The molecule has 180 valence electrons. The summed E-state index contributed by atoms with van der Waals surface area (Å²) in [6.07, 6.45) is 0.187. The number of carbonyl (C=O) groups is 1. The molecule has 0 saturated carbocycles. The van der Waals surface area contributed by atoms with Crippen LogP contribution in [0.25, 0.3) is 0 Å². The van der Waals surface area contributed by atoms with Crippen LogP contribution >= 0.6 is 11.3 Å². The molecule has 0 spiro atoms. The highest BCUT2D eigenvalue weighted by atomic mass is 32.2. The number of anilines is 1. The third kappa shape index (κ3) is 6.83. The van der Waals surface area contributed by atoms with E-state index in [-0.39, 0.29) is 35.7 Å². The maximum atomic E-state index is 12.0. The van der Waals surface area contributed by atoms with E-state index in [0.29, 0.717) is 22.0 Å². The summed E-state index contributed by atoms with van der Waals surface area (Å²) in [5, 5.41) is 28.6. The van der Waals surface area contributed by atoms with Crippen molar-refractivity contribution in [2.24, 2.45) is 5.14 Å². The number of nitrogens with zero attached hydrogens (tertiary/aromatic N) is 2. The minimum atomic E-state index is -3.84.